The van der Waals surface area contributed by atoms with Gasteiger partial charge in [-0.3, -0.25) is 4.79 Å². The van der Waals surface area contributed by atoms with Crippen LogP contribution in [0.4, 0.5) is 0 Å². The molecule has 1 amide bonds. The summed E-state index contributed by atoms with van der Waals surface area (Å²) >= 11 is 4.23. The molecular weight excluding hydrogens is 194 g/mol. The molecule has 1 aliphatic heterocycles. The summed E-state index contributed by atoms with van der Waals surface area (Å²) in [5.41, 5.74) is 0. The molecule has 0 aromatic rings. The number of hydrogen-bond donors (Lipinski definition) is 1. The minimum Gasteiger partial charge on any atom is -0.338 e. The van der Waals surface area contributed by atoms with Crippen molar-refractivity contribution in [2.45, 2.75) is 50.3 Å². The smallest absolute Gasteiger partial charge is 0.235 e. The molecular formula is C11H19NOS. The van der Waals surface area contributed by atoms with Crippen LogP contribution in [0.1, 0.15) is 39.0 Å². The van der Waals surface area contributed by atoms with Crippen molar-refractivity contribution in [1.82, 2.24) is 4.90 Å². The zero-order valence-electron chi connectivity index (χ0n) is 8.78. The van der Waals surface area contributed by atoms with Crippen molar-refractivity contribution in [2.75, 3.05) is 6.54 Å². The fourth-order valence-corrected chi connectivity index (χ4v) is 3.07. The molecule has 0 N–H and O–H groups in total. The van der Waals surface area contributed by atoms with Gasteiger partial charge in [-0.15, -0.1) is 0 Å². The normalized spacial score (nSPS) is 34.0. The molecule has 0 bridgehead atoms. The van der Waals surface area contributed by atoms with E-state index in [9.17, 15) is 4.79 Å². The van der Waals surface area contributed by atoms with Gasteiger partial charge in [0.1, 0.15) is 0 Å². The van der Waals surface area contributed by atoms with E-state index >= 15 is 0 Å². The highest BCUT2D eigenvalue weighted by atomic mass is 32.1. The van der Waals surface area contributed by atoms with Gasteiger partial charge >= 0.3 is 0 Å². The molecule has 3 heteroatoms. The van der Waals surface area contributed by atoms with E-state index in [0.717, 1.165) is 12.5 Å². The number of carbonyl (C=O) groups is 1. The third-order valence-electron chi connectivity index (χ3n) is 3.65. The number of hydrogen-bond acceptors (Lipinski definition) is 2. The third kappa shape index (κ3) is 1.79. The molecule has 2 fully saturated rings. The highest BCUT2D eigenvalue weighted by Gasteiger charge is 2.38. The Morgan fingerprint density at radius 1 is 1.36 bits per heavy atom. The summed E-state index contributed by atoms with van der Waals surface area (Å²) in [5.74, 6) is 1.03. The minimum atomic E-state index is -0.129. The molecule has 1 saturated heterocycles. The third-order valence-corrected chi connectivity index (χ3v) is 3.87. The molecule has 3 atom stereocenters. The van der Waals surface area contributed by atoms with E-state index in [0.29, 0.717) is 6.04 Å². The summed E-state index contributed by atoms with van der Waals surface area (Å²) < 4.78 is 0. The Hall–Kier alpha value is -0.180. The zero-order valence-corrected chi connectivity index (χ0v) is 9.67. The quantitative estimate of drug-likeness (QED) is 0.661. The molecule has 80 valence electrons. The van der Waals surface area contributed by atoms with Gasteiger partial charge in [-0.2, -0.15) is 12.6 Å². The number of rotatable bonds is 1. The van der Waals surface area contributed by atoms with Gasteiger partial charge < -0.3 is 4.90 Å². The van der Waals surface area contributed by atoms with Crippen molar-refractivity contribution in [3.8, 4) is 0 Å². The van der Waals surface area contributed by atoms with E-state index in [1.165, 1.54) is 32.1 Å². The van der Waals surface area contributed by atoms with Crippen molar-refractivity contribution in [2.24, 2.45) is 5.92 Å². The van der Waals surface area contributed by atoms with Crippen LogP contribution in [-0.2, 0) is 4.79 Å². The first-order valence-corrected chi connectivity index (χ1v) is 6.20. The minimum absolute atomic E-state index is 0.129. The summed E-state index contributed by atoms with van der Waals surface area (Å²) in [6.45, 7) is 2.85. The van der Waals surface area contributed by atoms with Crippen LogP contribution >= 0.6 is 12.6 Å². The number of fused-ring (bicyclic) bond motifs is 1. The largest absolute Gasteiger partial charge is 0.338 e. The lowest BCUT2D eigenvalue weighted by molar-refractivity contribution is -0.131. The maximum atomic E-state index is 11.8. The van der Waals surface area contributed by atoms with Crippen molar-refractivity contribution in [3.63, 3.8) is 0 Å². The zero-order chi connectivity index (χ0) is 10.1. The van der Waals surface area contributed by atoms with Gasteiger partial charge in [0, 0.05) is 12.6 Å². The molecule has 2 rings (SSSR count). The predicted molar refractivity (Wildman–Crippen MR) is 60.5 cm³/mol. The Morgan fingerprint density at radius 3 is 2.79 bits per heavy atom. The lowest BCUT2D eigenvalue weighted by Crippen LogP contribution is -2.42. The number of likely N-dealkylation sites (tertiary alicyclic amines) is 1. The second-order valence-electron chi connectivity index (χ2n) is 4.61. The number of carbonyl (C=O) groups excluding carboxylic acids is 1. The fraction of sp³-hybridized carbons (Fsp3) is 0.909. The van der Waals surface area contributed by atoms with Crippen LogP contribution in [0.3, 0.4) is 0 Å². The molecule has 1 aliphatic carbocycles. The van der Waals surface area contributed by atoms with Crippen LogP contribution in [0.25, 0.3) is 0 Å². The van der Waals surface area contributed by atoms with Gasteiger partial charge in [0.2, 0.25) is 5.91 Å². The number of amides is 1. The number of nitrogens with zero attached hydrogens (tertiary/aromatic N) is 1. The molecule has 1 heterocycles. The van der Waals surface area contributed by atoms with Crippen molar-refractivity contribution in [1.29, 1.82) is 0 Å². The maximum Gasteiger partial charge on any atom is 0.235 e. The maximum absolute atomic E-state index is 11.8. The Kier molecular flexibility index (Phi) is 3.05. The average molecular weight is 213 g/mol. The SMILES string of the molecule is CC(S)C(=O)N1CCC2CCCCC21. The standard InChI is InChI=1S/C11H19NOS/c1-8(14)11(13)12-7-6-9-4-2-3-5-10(9)12/h8-10,14H,2-7H2,1H3. The highest BCUT2D eigenvalue weighted by molar-refractivity contribution is 7.81. The molecule has 3 unspecified atom stereocenters. The van der Waals surface area contributed by atoms with Crippen LogP contribution in [0.5, 0.6) is 0 Å². The molecule has 0 aromatic carbocycles. The van der Waals surface area contributed by atoms with Crippen molar-refractivity contribution in [3.05, 3.63) is 0 Å². The highest BCUT2D eigenvalue weighted by Crippen LogP contribution is 2.36. The molecule has 14 heavy (non-hydrogen) atoms. The Balaban J connectivity index is 2.03. The molecule has 0 radical (unpaired) electrons. The van der Waals surface area contributed by atoms with Crippen LogP contribution in [0.2, 0.25) is 0 Å². The van der Waals surface area contributed by atoms with E-state index < -0.39 is 0 Å². The first-order chi connectivity index (χ1) is 6.70. The van der Waals surface area contributed by atoms with Crippen LogP contribution in [-0.4, -0.2) is 28.6 Å². The summed E-state index contributed by atoms with van der Waals surface area (Å²) in [7, 11) is 0. The second kappa shape index (κ2) is 4.13. The molecule has 2 nitrogen and oxygen atoms in total. The summed E-state index contributed by atoms with van der Waals surface area (Å²) in [6.07, 6.45) is 6.43. The Morgan fingerprint density at radius 2 is 2.07 bits per heavy atom. The topological polar surface area (TPSA) is 20.3 Å². The van der Waals surface area contributed by atoms with E-state index in [-0.39, 0.29) is 11.2 Å². The van der Waals surface area contributed by atoms with Crippen LogP contribution < -0.4 is 0 Å². The predicted octanol–water partition coefficient (Wildman–Crippen LogP) is 2.10. The van der Waals surface area contributed by atoms with Gasteiger partial charge in [0.25, 0.3) is 0 Å². The molecule has 2 aliphatic rings. The van der Waals surface area contributed by atoms with Gasteiger partial charge in [0.15, 0.2) is 0 Å². The van der Waals surface area contributed by atoms with Gasteiger partial charge in [-0.1, -0.05) is 12.8 Å². The first kappa shape index (κ1) is 10.3. The van der Waals surface area contributed by atoms with E-state index in [2.05, 4.69) is 17.5 Å². The molecule has 0 aromatic heterocycles. The molecule has 0 spiro atoms. The van der Waals surface area contributed by atoms with E-state index in [1.807, 2.05) is 6.92 Å². The Bertz CT molecular complexity index is 229. The van der Waals surface area contributed by atoms with E-state index in [4.69, 9.17) is 0 Å². The van der Waals surface area contributed by atoms with Crippen molar-refractivity contribution < 1.29 is 4.79 Å². The first-order valence-electron chi connectivity index (χ1n) is 5.68. The van der Waals surface area contributed by atoms with Gasteiger partial charge in [-0.25, -0.2) is 0 Å². The monoisotopic (exact) mass is 213 g/mol. The number of thiol groups is 1. The van der Waals surface area contributed by atoms with Crippen LogP contribution in [0, 0.1) is 5.92 Å². The summed E-state index contributed by atoms with van der Waals surface area (Å²) in [5, 5.41) is -0.129. The summed E-state index contributed by atoms with van der Waals surface area (Å²) in [4.78, 5) is 13.9. The van der Waals surface area contributed by atoms with Gasteiger partial charge in [0.05, 0.1) is 5.25 Å². The lowest BCUT2D eigenvalue weighted by Gasteiger charge is -2.32. The second-order valence-corrected chi connectivity index (χ2v) is 5.38. The lowest BCUT2D eigenvalue weighted by atomic mass is 9.85. The van der Waals surface area contributed by atoms with Crippen molar-refractivity contribution >= 4 is 18.5 Å². The molecule has 1 saturated carbocycles. The van der Waals surface area contributed by atoms with E-state index in [1.54, 1.807) is 0 Å². The van der Waals surface area contributed by atoms with Gasteiger partial charge in [-0.05, 0) is 32.1 Å². The fourth-order valence-electron chi connectivity index (χ4n) is 2.92. The summed E-state index contributed by atoms with van der Waals surface area (Å²) in [6, 6.07) is 0.547. The average Bonchev–Trinajstić information content (AvgIpc) is 2.60. The van der Waals surface area contributed by atoms with Crippen LogP contribution in [0.15, 0.2) is 0 Å². The Labute approximate surface area is 91.5 Å².